The van der Waals surface area contributed by atoms with Crippen molar-refractivity contribution >= 4 is 46.6 Å². The van der Waals surface area contributed by atoms with Gasteiger partial charge >= 0.3 is 6.18 Å². The Bertz CT molecular complexity index is 1280. The number of hydrogen-bond acceptors (Lipinski definition) is 5. The molecular weight excluding hydrogens is 541 g/mol. The van der Waals surface area contributed by atoms with E-state index in [1.54, 1.807) is 6.92 Å². The average molecular weight is 560 g/mol. The SMILES string of the molecule is Cc1cc(C(=O)N2CC(=O)N(CCF)C(=O)C2)ccc1C1=NOC(c2cc(Cl)cc(Cl)c2)(C(F)(F)F)C1. The zero-order valence-electron chi connectivity index (χ0n) is 19.2. The molecule has 4 rings (SSSR count). The summed E-state index contributed by atoms with van der Waals surface area (Å²) in [4.78, 5) is 44.0. The molecule has 2 aromatic carbocycles. The smallest absolute Gasteiger partial charge is 0.374 e. The Labute approximate surface area is 218 Å². The van der Waals surface area contributed by atoms with Gasteiger partial charge in [-0.15, -0.1) is 0 Å². The van der Waals surface area contributed by atoms with Gasteiger partial charge in [-0.25, -0.2) is 4.39 Å². The molecule has 7 nitrogen and oxygen atoms in total. The van der Waals surface area contributed by atoms with Crippen molar-refractivity contribution in [3.05, 3.63) is 68.7 Å². The van der Waals surface area contributed by atoms with Gasteiger partial charge in [0, 0.05) is 33.2 Å². The summed E-state index contributed by atoms with van der Waals surface area (Å²) in [6.07, 6.45) is -5.53. The number of halogens is 6. The first-order chi connectivity index (χ1) is 17.4. The van der Waals surface area contributed by atoms with Crippen LogP contribution in [-0.4, -0.2) is 65.7 Å². The first kappa shape index (κ1) is 26.9. The predicted octanol–water partition coefficient (Wildman–Crippen LogP) is 4.66. The van der Waals surface area contributed by atoms with Crippen LogP contribution in [0.5, 0.6) is 0 Å². The third-order valence-corrected chi connectivity index (χ3v) is 6.59. The summed E-state index contributed by atoms with van der Waals surface area (Å²) in [5, 5.41) is 3.73. The number of oxime groups is 1. The lowest BCUT2D eigenvalue weighted by Crippen LogP contribution is -2.56. The Morgan fingerprint density at radius 2 is 1.70 bits per heavy atom. The highest BCUT2D eigenvalue weighted by Crippen LogP contribution is 2.49. The average Bonchev–Trinajstić information content (AvgIpc) is 3.27. The van der Waals surface area contributed by atoms with Gasteiger partial charge in [0.15, 0.2) is 0 Å². The third-order valence-electron chi connectivity index (χ3n) is 6.15. The number of imide groups is 1. The van der Waals surface area contributed by atoms with Crippen molar-refractivity contribution in [3.8, 4) is 0 Å². The van der Waals surface area contributed by atoms with Crippen molar-refractivity contribution in [2.45, 2.75) is 25.1 Å². The van der Waals surface area contributed by atoms with Crippen LogP contribution in [0.2, 0.25) is 10.0 Å². The number of carbonyl (C=O) groups is 3. The molecule has 1 unspecified atom stereocenters. The fourth-order valence-electron chi connectivity index (χ4n) is 4.31. The number of aryl methyl sites for hydroxylation is 1. The largest absolute Gasteiger partial charge is 0.435 e. The standard InChI is InChI=1S/C24H19Cl2F4N3O4/c1-13-6-14(22(36)32-11-20(34)33(5-4-27)21(35)12-32)2-3-18(13)19-10-23(37-31-19,24(28,29)30)15-7-16(25)9-17(26)8-15/h2-3,6-9H,4-5,10-12H2,1H3. The molecule has 2 heterocycles. The zero-order chi connectivity index (χ0) is 27.1. The molecule has 0 spiro atoms. The van der Waals surface area contributed by atoms with Gasteiger partial charge in [0.25, 0.3) is 11.5 Å². The molecule has 0 aromatic heterocycles. The molecule has 1 saturated heterocycles. The van der Waals surface area contributed by atoms with E-state index < -0.39 is 55.7 Å². The van der Waals surface area contributed by atoms with Gasteiger partial charge < -0.3 is 9.74 Å². The first-order valence-electron chi connectivity index (χ1n) is 10.9. The van der Waals surface area contributed by atoms with Crippen LogP contribution in [0.25, 0.3) is 0 Å². The summed E-state index contributed by atoms with van der Waals surface area (Å²) in [7, 11) is 0. The molecule has 0 aliphatic carbocycles. The summed E-state index contributed by atoms with van der Waals surface area (Å²) in [5.41, 5.74) is -2.27. The fourth-order valence-corrected chi connectivity index (χ4v) is 4.83. The second-order valence-corrected chi connectivity index (χ2v) is 9.48. The van der Waals surface area contributed by atoms with Crippen molar-refractivity contribution in [1.82, 2.24) is 9.80 Å². The van der Waals surface area contributed by atoms with Crippen LogP contribution < -0.4 is 0 Å². The van der Waals surface area contributed by atoms with Gasteiger partial charge in [0.2, 0.25) is 11.8 Å². The number of benzene rings is 2. The van der Waals surface area contributed by atoms with E-state index in [1.165, 1.54) is 24.3 Å². The first-order valence-corrected chi connectivity index (χ1v) is 11.7. The van der Waals surface area contributed by atoms with Crippen LogP contribution in [-0.2, 0) is 20.0 Å². The maximum Gasteiger partial charge on any atom is 0.435 e. The Morgan fingerprint density at radius 3 is 2.24 bits per heavy atom. The fraction of sp³-hybridized carbons (Fsp3) is 0.333. The Morgan fingerprint density at radius 1 is 1.08 bits per heavy atom. The Balaban J connectivity index is 1.57. The highest BCUT2D eigenvalue weighted by molar-refractivity contribution is 6.34. The minimum Gasteiger partial charge on any atom is -0.374 e. The predicted molar refractivity (Wildman–Crippen MR) is 126 cm³/mol. The Hall–Kier alpha value is -3.18. The number of carbonyl (C=O) groups excluding carboxylic acids is 3. The molecule has 13 heteroatoms. The van der Waals surface area contributed by atoms with Crippen molar-refractivity contribution in [2.24, 2.45) is 5.16 Å². The quantitative estimate of drug-likeness (QED) is 0.394. The second-order valence-electron chi connectivity index (χ2n) is 8.61. The number of rotatable bonds is 5. The highest BCUT2D eigenvalue weighted by Gasteiger charge is 2.62. The van der Waals surface area contributed by atoms with Crippen LogP contribution in [0.15, 0.2) is 41.6 Å². The maximum absolute atomic E-state index is 14.3. The molecule has 2 aromatic rings. The maximum atomic E-state index is 14.3. The summed E-state index contributed by atoms with van der Waals surface area (Å²) >= 11 is 11.9. The molecule has 0 radical (unpaired) electrons. The van der Waals surface area contributed by atoms with E-state index in [0.717, 1.165) is 21.9 Å². The minimum atomic E-state index is -4.86. The van der Waals surface area contributed by atoms with E-state index in [2.05, 4.69) is 5.16 Å². The van der Waals surface area contributed by atoms with Crippen molar-refractivity contribution in [2.75, 3.05) is 26.3 Å². The van der Waals surface area contributed by atoms with E-state index in [9.17, 15) is 31.9 Å². The van der Waals surface area contributed by atoms with E-state index in [4.69, 9.17) is 28.0 Å². The van der Waals surface area contributed by atoms with Crippen molar-refractivity contribution in [1.29, 1.82) is 0 Å². The lowest BCUT2D eigenvalue weighted by molar-refractivity contribution is -0.275. The molecule has 2 aliphatic rings. The summed E-state index contributed by atoms with van der Waals surface area (Å²) in [5.74, 6) is -2.02. The molecule has 3 amide bonds. The summed E-state index contributed by atoms with van der Waals surface area (Å²) in [6, 6.07) is 7.74. The van der Waals surface area contributed by atoms with E-state index in [-0.39, 0.29) is 33.4 Å². The summed E-state index contributed by atoms with van der Waals surface area (Å²) in [6.45, 7) is -0.490. The number of amides is 3. The molecule has 1 atom stereocenters. The lowest BCUT2D eigenvalue weighted by atomic mass is 9.85. The number of nitrogens with zero attached hydrogens (tertiary/aromatic N) is 3. The molecule has 0 bridgehead atoms. The Kier molecular flexibility index (Phi) is 7.22. The van der Waals surface area contributed by atoms with Gasteiger partial charge in [-0.3, -0.25) is 19.3 Å². The zero-order valence-corrected chi connectivity index (χ0v) is 20.8. The molecule has 0 N–H and O–H groups in total. The lowest BCUT2D eigenvalue weighted by Gasteiger charge is -2.32. The van der Waals surface area contributed by atoms with Gasteiger partial charge in [0.1, 0.15) is 19.8 Å². The molecule has 37 heavy (non-hydrogen) atoms. The van der Waals surface area contributed by atoms with Gasteiger partial charge in [0.05, 0.1) is 12.3 Å². The van der Waals surface area contributed by atoms with Crippen molar-refractivity contribution < 1.29 is 36.8 Å². The molecule has 0 saturated carbocycles. The van der Waals surface area contributed by atoms with Gasteiger partial charge in [-0.1, -0.05) is 34.4 Å². The van der Waals surface area contributed by atoms with Crippen LogP contribution in [0.3, 0.4) is 0 Å². The topological polar surface area (TPSA) is 79.3 Å². The number of piperazine rings is 1. The van der Waals surface area contributed by atoms with Crippen molar-refractivity contribution in [3.63, 3.8) is 0 Å². The van der Waals surface area contributed by atoms with Crippen LogP contribution in [0, 0.1) is 6.92 Å². The van der Waals surface area contributed by atoms with E-state index >= 15 is 0 Å². The second kappa shape index (κ2) is 9.94. The van der Waals surface area contributed by atoms with Gasteiger partial charge in [-0.2, -0.15) is 13.2 Å². The van der Waals surface area contributed by atoms with Gasteiger partial charge in [-0.05, 0) is 42.8 Å². The minimum absolute atomic E-state index is 0.00436. The number of hydrogen-bond donors (Lipinski definition) is 0. The normalized spacial score (nSPS) is 20.2. The van der Waals surface area contributed by atoms with E-state index in [0.29, 0.717) is 11.1 Å². The summed E-state index contributed by atoms with van der Waals surface area (Å²) < 4.78 is 55.3. The third kappa shape index (κ3) is 5.02. The number of alkyl halides is 4. The van der Waals surface area contributed by atoms with E-state index in [1.807, 2.05) is 0 Å². The molecule has 2 aliphatic heterocycles. The molecular formula is C24H19Cl2F4N3O4. The van der Waals surface area contributed by atoms with Crippen LogP contribution in [0.1, 0.15) is 33.5 Å². The highest BCUT2D eigenvalue weighted by atomic mass is 35.5. The molecule has 196 valence electrons. The van der Waals surface area contributed by atoms with Crippen LogP contribution in [0.4, 0.5) is 17.6 Å². The molecule has 1 fully saturated rings. The monoisotopic (exact) mass is 559 g/mol. The van der Waals surface area contributed by atoms with Crippen LogP contribution >= 0.6 is 23.2 Å².